The number of imide groups is 1. The van der Waals surface area contributed by atoms with Crippen LogP contribution in [0.5, 0.6) is 5.75 Å². The normalized spacial score (nSPS) is 14.2. The molecule has 0 spiro atoms. The molecule has 9 N–H and O–H groups in total. The number of methoxy groups -OCH3 is 1. The number of amides is 6. The second kappa shape index (κ2) is 37.8. The fourth-order valence-corrected chi connectivity index (χ4v) is 10.5. The van der Waals surface area contributed by atoms with Crippen molar-refractivity contribution in [2.24, 2.45) is 11.5 Å². The highest BCUT2D eigenvalue weighted by molar-refractivity contribution is 7.98. The number of hydrogen-bond acceptors (Lipinski definition) is 16. The number of ether oxygens (including phenoxy) is 5. The average Bonchev–Trinajstić information content (AvgIpc) is 2.36. The molecule has 0 aliphatic heterocycles. The molecule has 0 radical (unpaired) electrons. The van der Waals surface area contributed by atoms with Gasteiger partial charge in [-0.25, -0.2) is 9.69 Å². The fraction of sp³-hybridized carbons (Fsp3) is 0.358. The number of nitrogens with one attached hydrogen (secondary N) is 4. The Morgan fingerprint density at radius 1 is 0.607 bits per heavy atom. The summed E-state index contributed by atoms with van der Waals surface area (Å²) in [6, 6.07) is 40.7. The van der Waals surface area contributed by atoms with Gasteiger partial charge < -0.3 is 66.3 Å². The lowest BCUT2D eigenvalue weighted by atomic mass is 10.0. The van der Waals surface area contributed by atoms with Gasteiger partial charge in [0.15, 0.2) is 6.29 Å². The van der Waals surface area contributed by atoms with E-state index in [9.17, 15) is 24.3 Å². The van der Waals surface area contributed by atoms with Crippen LogP contribution in [0, 0.1) is 0 Å². The molecule has 0 aliphatic rings. The van der Waals surface area contributed by atoms with Crippen molar-refractivity contribution in [3.05, 3.63) is 208 Å². The SMILES string of the molecule is COc1ccc(CSC[C@@H](C(O)C=O)N(C(=O)OCc2ccccc2Cl)C(=O)[C@H](COCc2ccccc2)NC(=O)[C@@H](NC(=O)[C@H](Cc2ccccc2)NC(=O)[C@@H](NC(=O)[C@@H](N)CCCCN)[C@@H](C)OCc2ccccc2)[C@@H](C)OCc2ccccc2)cc1. The van der Waals surface area contributed by atoms with Crippen LogP contribution in [0.25, 0.3) is 0 Å². The van der Waals surface area contributed by atoms with Crippen molar-refractivity contribution in [3.8, 4) is 5.75 Å². The van der Waals surface area contributed by atoms with Gasteiger partial charge in [0.1, 0.15) is 42.6 Å². The first kappa shape index (κ1) is 70.1. The summed E-state index contributed by atoms with van der Waals surface area (Å²) in [6.07, 6.45) is -3.89. The molecular weight excluding hydrogens is 1180 g/mol. The predicted molar refractivity (Wildman–Crippen MR) is 340 cm³/mol. The predicted octanol–water partition coefficient (Wildman–Crippen LogP) is 6.74. The number of nitrogens with two attached hydrogens (primary N) is 2. The number of hydrogen-bond donors (Lipinski definition) is 7. The van der Waals surface area contributed by atoms with Gasteiger partial charge in [-0.1, -0.05) is 170 Å². The van der Waals surface area contributed by atoms with Crippen molar-refractivity contribution in [3.63, 3.8) is 0 Å². The van der Waals surface area contributed by atoms with Gasteiger partial charge in [-0.3, -0.25) is 24.0 Å². The number of aliphatic hydroxyl groups is 1. The largest absolute Gasteiger partial charge is 0.497 e. The monoisotopic (exact) mass is 1260 g/mol. The lowest BCUT2D eigenvalue weighted by Gasteiger charge is -2.34. The number of carbonyl (C=O) groups excluding carboxylic acids is 7. The third kappa shape index (κ3) is 23.2. The van der Waals surface area contributed by atoms with Crippen LogP contribution in [0.3, 0.4) is 0 Å². The number of nitrogens with zero attached hydrogens (tertiary/aromatic N) is 1. The number of aldehydes is 1. The Morgan fingerprint density at radius 2 is 1.11 bits per heavy atom. The van der Waals surface area contributed by atoms with E-state index in [2.05, 4.69) is 21.3 Å². The molecule has 0 bridgehead atoms. The molecule has 1 unspecified atom stereocenters. The van der Waals surface area contributed by atoms with E-state index in [1.54, 1.807) is 128 Å². The first-order valence-electron chi connectivity index (χ1n) is 29.3. The first-order valence-corrected chi connectivity index (χ1v) is 30.8. The number of carbonyl (C=O) groups is 7. The molecule has 6 amide bonds. The van der Waals surface area contributed by atoms with Crippen LogP contribution in [0.4, 0.5) is 4.79 Å². The second-order valence-corrected chi connectivity index (χ2v) is 22.5. The molecule has 0 aliphatic carbocycles. The molecule has 474 valence electrons. The molecule has 6 aromatic carbocycles. The quantitative estimate of drug-likeness (QED) is 0.0157. The van der Waals surface area contributed by atoms with Crippen LogP contribution < -0.4 is 37.5 Å². The average molecular weight is 1260 g/mol. The number of thioether (sulfide) groups is 1. The summed E-state index contributed by atoms with van der Waals surface area (Å²) in [5.41, 5.74) is 16.0. The van der Waals surface area contributed by atoms with E-state index < -0.39 is 103 Å². The van der Waals surface area contributed by atoms with E-state index >= 15 is 14.4 Å². The molecule has 22 heteroatoms. The molecule has 0 aromatic heterocycles. The Balaban J connectivity index is 1.37. The zero-order chi connectivity index (χ0) is 63.9. The van der Waals surface area contributed by atoms with Crippen LogP contribution in [0.2, 0.25) is 5.02 Å². The van der Waals surface area contributed by atoms with Crippen molar-refractivity contribution in [2.45, 2.75) is 126 Å². The van der Waals surface area contributed by atoms with Gasteiger partial charge in [-0.05, 0) is 79.3 Å². The van der Waals surface area contributed by atoms with E-state index in [-0.39, 0.29) is 49.7 Å². The van der Waals surface area contributed by atoms with E-state index in [0.29, 0.717) is 58.0 Å². The van der Waals surface area contributed by atoms with Crippen molar-refractivity contribution in [1.82, 2.24) is 26.2 Å². The smallest absolute Gasteiger partial charge is 0.417 e. The molecule has 9 atom stereocenters. The highest BCUT2D eigenvalue weighted by Crippen LogP contribution is 2.24. The Bertz CT molecular complexity index is 3140. The highest BCUT2D eigenvalue weighted by atomic mass is 35.5. The van der Waals surface area contributed by atoms with Gasteiger partial charge in [0.25, 0.3) is 5.91 Å². The molecule has 0 heterocycles. The van der Waals surface area contributed by atoms with Gasteiger partial charge in [0, 0.05) is 28.5 Å². The number of halogens is 1. The number of unbranched alkanes of at least 4 members (excludes halogenated alkanes) is 1. The minimum absolute atomic E-state index is 0.0461. The topological polar surface area (TPSA) is 289 Å². The molecule has 0 fully saturated rings. The van der Waals surface area contributed by atoms with E-state index in [1.165, 1.54) is 25.8 Å². The summed E-state index contributed by atoms with van der Waals surface area (Å²) in [7, 11) is 1.53. The minimum Gasteiger partial charge on any atom is -0.497 e. The Kier molecular flexibility index (Phi) is 29.7. The summed E-state index contributed by atoms with van der Waals surface area (Å²) in [5, 5.41) is 22.8. The molecule has 20 nitrogen and oxygen atoms in total. The van der Waals surface area contributed by atoms with Gasteiger partial charge in [-0.15, -0.1) is 0 Å². The fourth-order valence-electron chi connectivity index (χ4n) is 9.18. The molecule has 6 rings (SSSR count). The Hall–Kier alpha value is -7.99. The standard InChI is InChI=1S/C67H80ClN7O13S/c1-45(86-39-49-24-12-6-13-25-49)60(73-62(78)55(70)30-18-19-35-69)64(80)71-56(36-47-20-8-4-9-21-47)63(79)74-61(46(2)87-40-50-26-14-7-15-27-50)65(81)72-57(42-85-38-48-22-10-5-11-23-48)66(82)75(67(83)88-41-52-28-16-17-29-54(52)68)58(59(77)37-76)44-89-43-51-31-33-53(84-3)34-32-51/h4-17,20-29,31-34,37,45-46,55-61,77H,18-19,30,35-36,38-44,69-70H2,1-3H3,(H,71,80)(H,72,81)(H,73,78)(H,74,79)/t45-,46-,55+,56+,57+,58+,59?,60+,61+/m1/s1. The zero-order valence-corrected chi connectivity index (χ0v) is 51.7. The van der Waals surface area contributed by atoms with Crippen molar-refractivity contribution in [1.29, 1.82) is 0 Å². The van der Waals surface area contributed by atoms with Gasteiger partial charge in [0.2, 0.25) is 23.6 Å². The van der Waals surface area contributed by atoms with Crippen molar-refractivity contribution < 1.29 is 62.4 Å². The number of rotatable bonds is 37. The van der Waals surface area contributed by atoms with E-state index in [4.69, 9.17) is 46.8 Å². The molecule has 0 saturated carbocycles. The van der Waals surface area contributed by atoms with E-state index in [0.717, 1.165) is 11.1 Å². The van der Waals surface area contributed by atoms with E-state index in [1.807, 2.05) is 48.5 Å². The third-order valence-corrected chi connectivity index (χ3v) is 15.9. The maximum Gasteiger partial charge on any atom is 0.417 e. The van der Waals surface area contributed by atoms with Crippen LogP contribution >= 0.6 is 23.4 Å². The lowest BCUT2D eigenvalue weighted by Crippen LogP contribution is -2.64. The summed E-state index contributed by atoms with van der Waals surface area (Å²) in [4.78, 5) is 103. The van der Waals surface area contributed by atoms with Crippen molar-refractivity contribution in [2.75, 3.05) is 26.0 Å². The second-order valence-electron chi connectivity index (χ2n) is 21.1. The molecular formula is C67H80ClN7O13S. The van der Waals surface area contributed by atoms with Crippen molar-refractivity contribution >= 4 is 65.3 Å². The first-order chi connectivity index (χ1) is 43.1. The van der Waals surface area contributed by atoms with Gasteiger partial charge in [-0.2, -0.15) is 11.8 Å². The zero-order valence-electron chi connectivity index (χ0n) is 50.2. The highest BCUT2D eigenvalue weighted by Gasteiger charge is 2.42. The van der Waals surface area contributed by atoms with Crippen LogP contribution in [-0.2, 0) is 86.3 Å². The molecule has 89 heavy (non-hydrogen) atoms. The van der Waals surface area contributed by atoms with Gasteiger partial charge >= 0.3 is 6.09 Å². The third-order valence-electron chi connectivity index (χ3n) is 14.4. The summed E-state index contributed by atoms with van der Waals surface area (Å²) >= 11 is 7.66. The molecule has 0 saturated heterocycles. The maximum absolute atomic E-state index is 15.5. The van der Waals surface area contributed by atoms with Crippen LogP contribution in [0.15, 0.2) is 170 Å². The maximum atomic E-state index is 15.5. The summed E-state index contributed by atoms with van der Waals surface area (Å²) < 4.78 is 29.7. The number of aliphatic hydroxyl groups excluding tert-OH is 1. The van der Waals surface area contributed by atoms with Gasteiger partial charge in [0.05, 0.1) is 57.8 Å². The molecule has 6 aromatic rings. The summed E-state index contributed by atoms with van der Waals surface area (Å²) in [5.74, 6) is -3.77. The van der Waals surface area contributed by atoms with Crippen LogP contribution in [0.1, 0.15) is 66.5 Å². The number of benzene rings is 6. The lowest BCUT2D eigenvalue weighted by molar-refractivity contribution is -0.143. The summed E-state index contributed by atoms with van der Waals surface area (Å²) in [6.45, 7) is 2.45. The Labute approximate surface area is 529 Å². The Morgan fingerprint density at radius 3 is 1.64 bits per heavy atom. The minimum atomic E-state index is -1.96. The van der Waals surface area contributed by atoms with Crippen LogP contribution in [-0.4, -0.2) is 132 Å².